The predicted octanol–water partition coefficient (Wildman–Crippen LogP) is 1.25. The number of carbonyl (C=O) groups excluding carboxylic acids is 1. The molecule has 20 heavy (non-hydrogen) atoms. The van der Waals surface area contributed by atoms with Crippen LogP contribution in [0.5, 0.6) is 0 Å². The van der Waals surface area contributed by atoms with Gasteiger partial charge in [0.25, 0.3) is 0 Å². The average molecular weight is 279 g/mol. The molecule has 0 spiro atoms. The summed E-state index contributed by atoms with van der Waals surface area (Å²) >= 11 is 0. The van der Waals surface area contributed by atoms with E-state index < -0.39 is 0 Å². The van der Waals surface area contributed by atoms with Crippen LogP contribution in [0.1, 0.15) is 18.5 Å². The van der Waals surface area contributed by atoms with Gasteiger partial charge in [-0.05, 0) is 24.6 Å². The molecule has 0 saturated carbocycles. The summed E-state index contributed by atoms with van der Waals surface area (Å²) in [4.78, 5) is 16.2. The zero-order chi connectivity index (χ0) is 14.5. The molecule has 1 atom stereocenters. The van der Waals surface area contributed by atoms with Gasteiger partial charge in [-0.1, -0.05) is 12.1 Å². The van der Waals surface area contributed by atoms with E-state index in [1.54, 1.807) is 24.1 Å². The maximum Gasteiger partial charge on any atom is 0.236 e. The highest BCUT2D eigenvalue weighted by atomic mass is 19.1. The van der Waals surface area contributed by atoms with Gasteiger partial charge in [0.2, 0.25) is 5.91 Å². The van der Waals surface area contributed by atoms with E-state index in [2.05, 4.69) is 10.2 Å². The molecule has 0 aliphatic carbocycles. The van der Waals surface area contributed by atoms with E-state index in [1.165, 1.54) is 12.1 Å². The van der Waals surface area contributed by atoms with Gasteiger partial charge >= 0.3 is 0 Å². The second-order valence-electron chi connectivity index (χ2n) is 5.26. The summed E-state index contributed by atoms with van der Waals surface area (Å²) in [6, 6.07) is 6.27. The number of likely N-dealkylation sites (N-methyl/N-ethyl adjacent to an activating group) is 1. The van der Waals surface area contributed by atoms with Gasteiger partial charge in [-0.2, -0.15) is 0 Å². The molecule has 1 aromatic carbocycles. The van der Waals surface area contributed by atoms with Gasteiger partial charge in [-0.15, -0.1) is 0 Å². The number of hydrogen-bond donors (Lipinski definition) is 1. The van der Waals surface area contributed by atoms with Gasteiger partial charge in [0.15, 0.2) is 0 Å². The molecule has 1 aromatic rings. The van der Waals surface area contributed by atoms with Gasteiger partial charge in [-0.3, -0.25) is 9.69 Å². The van der Waals surface area contributed by atoms with Crippen LogP contribution in [0.15, 0.2) is 24.3 Å². The Kier molecular flexibility index (Phi) is 5.09. The van der Waals surface area contributed by atoms with E-state index in [0.717, 1.165) is 31.7 Å². The van der Waals surface area contributed by atoms with Crippen molar-refractivity contribution < 1.29 is 9.18 Å². The summed E-state index contributed by atoms with van der Waals surface area (Å²) < 4.78 is 12.9. The Morgan fingerprint density at radius 1 is 1.35 bits per heavy atom. The second-order valence-corrected chi connectivity index (χ2v) is 5.26. The monoisotopic (exact) mass is 279 g/mol. The van der Waals surface area contributed by atoms with Crippen LogP contribution < -0.4 is 5.32 Å². The van der Waals surface area contributed by atoms with Crippen molar-refractivity contribution in [3.63, 3.8) is 0 Å². The first-order chi connectivity index (χ1) is 9.58. The Balaban J connectivity index is 1.93. The predicted molar refractivity (Wildman–Crippen MR) is 76.9 cm³/mol. The third kappa shape index (κ3) is 3.77. The van der Waals surface area contributed by atoms with E-state index in [-0.39, 0.29) is 17.8 Å². The summed E-state index contributed by atoms with van der Waals surface area (Å²) in [5, 5.41) is 3.27. The minimum Gasteiger partial charge on any atom is -0.338 e. The number of piperazine rings is 1. The first kappa shape index (κ1) is 14.9. The Morgan fingerprint density at radius 2 is 1.95 bits per heavy atom. The summed E-state index contributed by atoms with van der Waals surface area (Å²) in [6.07, 6.45) is 0. The van der Waals surface area contributed by atoms with Crippen LogP contribution in [0.4, 0.5) is 4.39 Å². The number of amides is 1. The van der Waals surface area contributed by atoms with Gasteiger partial charge in [0.05, 0.1) is 12.6 Å². The summed E-state index contributed by atoms with van der Waals surface area (Å²) in [6.45, 7) is 6.09. The van der Waals surface area contributed by atoms with Crippen molar-refractivity contribution in [3.8, 4) is 0 Å². The quantitative estimate of drug-likeness (QED) is 0.901. The molecule has 0 radical (unpaired) electrons. The number of hydrogen-bond acceptors (Lipinski definition) is 3. The van der Waals surface area contributed by atoms with Crippen LogP contribution in [0.3, 0.4) is 0 Å². The van der Waals surface area contributed by atoms with Crippen molar-refractivity contribution >= 4 is 5.91 Å². The Hall–Kier alpha value is -1.46. The number of benzene rings is 1. The van der Waals surface area contributed by atoms with Crippen molar-refractivity contribution in [3.05, 3.63) is 35.6 Å². The third-order valence-corrected chi connectivity index (χ3v) is 3.90. The molecule has 5 heteroatoms. The number of rotatable bonds is 4. The lowest BCUT2D eigenvalue weighted by atomic mass is 10.1. The zero-order valence-corrected chi connectivity index (χ0v) is 12.1. The van der Waals surface area contributed by atoms with E-state index in [4.69, 9.17) is 0 Å². The van der Waals surface area contributed by atoms with Crippen molar-refractivity contribution in [1.82, 2.24) is 15.1 Å². The van der Waals surface area contributed by atoms with Gasteiger partial charge in [-0.25, -0.2) is 4.39 Å². The second kappa shape index (κ2) is 6.81. The minimum atomic E-state index is -0.254. The summed E-state index contributed by atoms with van der Waals surface area (Å²) in [5.41, 5.74) is 0.947. The zero-order valence-electron chi connectivity index (χ0n) is 12.1. The fourth-order valence-corrected chi connectivity index (χ4v) is 2.35. The molecule has 0 bridgehead atoms. The van der Waals surface area contributed by atoms with Crippen LogP contribution in [0, 0.1) is 5.82 Å². The first-order valence-corrected chi connectivity index (χ1v) is 7.02. The Morgan fingerprint density at radius 3 is 2.55 bits per heavy atom. The molecule has 2 rings (SSSR count). The minimum absolute atomic E-state index is 0.0500. The molecule has 1 N–H and O–H groups in total. The number of nitrogens with zero attached hydrogens (tertiary/aromatic N) is 2. The molecule has 110 valence electrons. The van der Waals surface area contributed by atoms with Crippen LogP contribution in [0.2, 0.25) is 0 Å². The molecule has 0 aromatic heterocycles. The topological polar surface area (TPSA) is 35.6 Å². The average Bonchev–Trinajstić information content (AvgIpc) is 2.47. The third-order valence-electron chi connectivity index (χ3n) is 3.90. The van der Waals surface area contributed by atoms with Crippen molar-refractivity contribution in [2.75, 3.05) is 39.8 Å². The van der Waals surface area contributed by atoms with Crippen molar-refractivity contribution in [2.24, 2.45) is 0 Å². The molecular formula is C15H22FN3O. The lowest BCUT2D eigenvalue weighted by molar-refractivity contribution is -0.133. The normalized spacial score (nSPS) is 17.8. The lowest BCUT2D eigenvalue weighted by Crippen LogP contribution is -2.48. The SMILES string of the molecule is CC(c1ccc(F)cc1)N(C)C(=O)CN1CCNCC1. The fraction of sp³-hybridized carbons (Fsp3) is 0.533. The fourth-order valence-electron chi connectivity index (χ4n) is 2.35. The summed E-state index contributed by atoms with van der Waals surface area (Å²) in [7, 11) is 1.80. The molecular weight excluding hydrogens is 257 g/mol. The van der Waals surface area contributed by atoms with Crippen LogP contribution in [-0.2, 0) is 4.79 Å². The van der Waals surface area contributed by atoms with Gasteiger partial charge in [0, 0.05) is 33.2 Å². The molecule has 1 aliphatic rings. The van der Waals surface area contributed by atoms with Crippen molar-refractivity contribution in [2.45, 2.75) is 13.0 Å². The maximum absolute atomic E-state index is 12.9. The van der Waals surface area contributed by atoms with Crippen LogP contribution >= 0.6 is 0 Å². The molecule has 1 amide bonds. The molecule has 1 unspecified atom stereocenters. The van der Waals surface area contributed by atoms with Crippen LogP contribution in [0.25, 0.3) is 0 Å². The Bertz CT molecular complexity index is 443. The smallest absolute Gasteiger partial charge is 0.236 e. The highest BCUT2D eigenvalue weighted by Crippen LogP contribution is 2.19. The Labute approximate surface area is 119 Å². The van der Waals surface area contributed by atoms with E-state index in [1.807, 2.05) is 6.92 Å². The number of nitrogens with one attached hydrogen (secondary N) is 1. The number of halogens is 1. The summed E-state index contributed by atoms with van der Waals surface area (Å²) in [5.74, 6) is -0.153. The standard InChI is InChI=1S/C15H22FN3O/c1-12(13-3-5-14(16)6-4-13)18(2)15(20)11-19-9-7-17-8-10-19/h3-6,12,17H,7-11H2,1-2H3. The van der Waals surface area contributed by atoms with Crippen molar-refractivity contribution in [1.29, 1.82) is 0 Å². The lowest BCUT2D eigenvalue weighted by Gasteiger charge is -2.31. The largest absolute Gasteiger partial charge is 0.338 e. The van der Waals surface area contributed by atoms with E-state index in [9.17, 15) is 9.18 Å². The maximum atomic E-state index is 12.9. The number of carbonyl (C=O) groups is 1. The van der Waals surface area contributed by atoms with E-state index in [0.29, 0.717) is 6.54 Å². The first-order valence-electron chi connectivity index (χ1n) is 7.02. The molecule has 4 nitrogen and oxygen atoms in total. The van der Waals surface area contributed by atoms with E-state index >= 15 is 0 Å². The highest BCUT2D eigenvalue weighted by molar-refractivity contribution is 5.78. The molecule has 1 fully saturated rings. The highest BCUT2D eigenvalue weighted by Gasteiger charge is 2.20. The van der Waals surface area contributed by atoms with Crippen LogP contribution in [-0.4, -0.2) is 55.5 Å². The molecule has 1 heterocycles. The van der Waals surface area contributed by atoms with Gasteiger partial charge < -0.3 is 10.2 Å². The van der Waals surface area contributed by atoms with Gasteiger partial charge in [0.1, 0.15) is 5.82 Å². The molecule has 1 saturated heterocycles. The molecule has 1 aliphatic heterocycles.